The molecule has 21 heavy (non-hydrogen) atoms. The van der Waals surface area contributed by atoms with Gasteiger partial charge in [-0.15, -0.1) is 0 Å². The number of hydrogen-bond donors (Lipinski definition) is 1. The van der Waals surface area contributed by atoms with Crippen molar-refractivity contribution < 1.29 is 4.52 Å². The van der Waals surface area contributed by atoms with Crippen molar-refractivity contribution in [3.63, 3.8) is 0 Å². The van der Waals surface area contributed by atoms with Crippen LogP contribution in [0.15, 0.2) is 28.8 Å². The van der Waals surface area contributed by atoms with Gasteiger partial charge in [0, 0.05) is 17.7 Å². The molecule has 0 unspecified atom stereocenters. The van der Waals surface area contributed by atoms with Crippen LogP contribution in [0, 0.1) is 5.92 Å². The lowest BCUT2D eigenvalue weighted by Crippen LogP contribution is -2.26. The summed E-state index contributed by atoms with van der Waals surface area (Å²) >= 11 is 0. The lowest BCUT2D eigenvalue weighted by atomic mass is 9.72. The van der Waals surface area contributed by atoms with Gasteiger partial charge in [-0.3, -0.25) is 0 Å². The quantitative estimate of drug-likeness (QED) is 0.924. The monoisotopic (exact) mass is 284 g/mol. The van der Waals surface area contributed by atoms with E-state index in [-0.39, 0.29) is 5.41 Å². The summed E-state index contributed by atoms with van der Waals surface area (Å²) in [5.74, 6) is 1.61. The molecule has 1 N–H and O–H groups in total. The lowest BCUT2D eigenvalue weighted by Gasteiger charge is -2.31. The van der Waals surface area contributed by atoms with E-state index in [2.05, 4.69) is 62.4 Å². The van der Waals surface area contributed by atoms with E-state index < -0.39 is 0 Å². The zero-order valence-corrected chi connectivity index (χ0v) is 13.4. The lowest BCUT2D eigenvalue weighted by molar-refractivity contribution is 0.414. The number of fused-ring (bicyclic) bond motifs is 3. The third kappa shape index (κ3) is 2.62. The van der Waals surface area contributed by atoms with Crippen LogP contribution in [0.2, 0.25) is 0 Å². The summed E-state index contributed by atoms with van der Waals surface area (Å²) in [6.07, 6.45) is 0.988. The molecule has 1 aromatic heterocycles. The van der Waals surface area contributed by atoms with Gasteiger partial charge in [-0.05, 0) is 29.9 Å². The van der Waals surface area contributed by atoms with Crippen LogP contribution in [0.1, 0.15) is 44.5 Å². The molecule has 1 aromatic carbocycles. The standard InChI is InChI=1S/C18H24N2O/c1-12(2)10-19-11-16-14-9-18(3,4)15-8-6-5-7-13(15)17(14)21-20-16/h5-8,12,19H,9-11H2,1-4H3. The molecule has 3 rings (SSSR count). The van der Waals surface area contributed by atoms with Gasteiger partial charge >= 0.3 is 0 Å². The molecule has 1 heterocycles. The first-order chi connectivity index (χ1) is 9.99. The maximum atomic E-state index is 5.67. The summed E-state index contributed by atoms with van der Waals surface area (Å²) in [6, 6.07) is 8.53. The number of rotatable bonds is 4. The molecule has 3 nitrogen and oxygen atoms in total. The van der Waals surface area contributed by atoms with Crippen molar-refractivity contribution in [2.45, 2.75) is 46.1 Å². The molecule has 0 amide bonds. The van der Waals surface area contributed by atoms with Crippen LogP contribution in [0.3, 0.4) is 0 Å². The molecule has 0 fully saturated rings. The fourth-order valence-corrected chi connectivity index (χ4v) is 3.16. The summed E-state index contributed by atoms with van der Waals surface area (Å²) in [5, 5.41) is 7.79. The summed E-state index contributed by atoms with van der Waals surface area (Å²) < 4.78 is 5.67. The van der Waals surface area contributed by atoms with Gasteiger partial charge in [-0.25, -0.2) is 0 Å². The molecule has 1 aliphatic carbocycles. The SMILES string of the molecule is CC(C)CNCc1noc2c1CC(C)(C)c1ccccc1-2. The Hall–Kier alpha value is -1.61. The highest BCUT2D eigenvalue weighted by molar-refractivity contribution is 5.70. The Morgan fingerprint density at radius 2 is 2.05 bits per heavy atom. The Morgan fingerprint density at radius 3 is 2.81 bits per heavy atom. The van der Waals surface area contributed by atoms with Crippen molar-refractivity contribution >= 4 is 0 Å². The average molecular weight is 284 g/mol. The average Bonchev–Trinajstić information content (AvgIpc) is 2.81. The topological polar surface area (TPSA) is 38.1 Å². The Balaban J connectivity index is 1.94. The number of benzene rings is 1. The summed E-state index contributed by atoms with van der Waals surface area (Å²) in [7, 11) is 0. The van der Waals surface area contributed by atoms with E-state index in [9.17, 15) is 0 Å². The Bertz CT molecular complexity index is 640. The van der Waals surface area contributed by atoms with Gasteiger partial charge < -0.3 is 9.84 Å². The number of nitrogens with zero attached hydrogens (tertiary/aromatic N) is 1. The van der Waals surface area contributed by atoms with E-state index in [0.717, 1.165) is 31.0 Å². The minimum absolute atomic E-state index is 0.127. The molecule has 0 spiro atoms. The van der Waals surface area contributed by atoms with Gasteiger partial charge in [-0.1, -0.05) is 57.1 Å². The fraction of sp³-hybridized carbons (Fsp3) is 0.500. The van der Waals surface area contributed by atoms with Crippen molar-refractivity contribution in [1.82, 2.24) is 10.5 Å². The molecule has 2 aromatic rings. The van der Waals surface area contributed by atoms with Gasteiger partial charge in [0.1, 0.15) is 5.69 Å². The van der Waals surface area contributed by atoms with Gasteiger partial charge in [-0.2, -0.15) is 0 Å². The van der Waals surface area contributed by atoms with E-state index in [1.54, 1.807) is 0 Å². The normalized spacial score (nSPS) is 15.9. The van der Waals surface area contributed by atoms with Crippen LogP contribution in [0.25, 0.3) is 11.3 Å². The molecule has 0 atom stereocenters. The summed E-state index contributed by atoms with van der Waals surface area (Å²) in [5.41, 5.74) is 5.02. The first-order valence-corrected chi connectivity index (χ1v) is 7.77. The predicted molar refractivity (Wildman–Crippen MR) is 85.2 cm³/mol. The second-order valence-electron chi connectivity index (χ2n) is 7.07. The number of nitrogens with one attached hydrogen (secondary N) is 1. The third-order valence-corrected chi connectivity index (χ3v) is 4.23. The molecule has 3 heteroatoms. The molecule has 0 saturated heterocycles. The fourth-order valence-electron chi connectivity index (χ4n) is 3.16. The predicted octanol–water partition coefficient (Wildman–Crippen LogP) is 3.92. The molecule has 0 saturated carbocycles. The second kappa shape index (κ2) is 5.30. The Kier molecular flexibility index (Phi) is 3.62. The van der Waals surface area contributed by atoms with Crippen LogP contribution in [0.4, 0.5) is 0 Å². The van der Waals surface area contributed by atoms with Crippen molar-refractivity contribution in [1.29, 1.82) is 0 Å². The molecule has 1 aliphatic rings. The van der Waals surface area contributed by atoms with E-state index in [1.807, 2.05) is 0 Å². The zero-order chi connectivity index (χ0) is 15.0. The molecule has 112 valence electrons. The van der Waals surface area contributed by atoms with Gasteiger partial charge in [0.05, 0.1) is 0 Å². The number of aromatic nitrogens is 1. The Morgan fingerprint density at radius 1 is 1.29 bits per heavy atom. The van der Waals surface area contributed by atoms with Crippen molar-refractivity contribution in [3.05, 3.63) is 41.1 Å². The number of hydrogen-bond acceptors (Lipinski definition) is 3. The highest BCUT2D eigenvalue weighted by atomic mass is 16.5. The molecular formula is C18H24N2O. The van der Waals surface area contributed by atoms with Crippen molar-refractivity contribution in [2.24, 2.45) is 5.92 Å². The van der Waals surface area contributed by atoms with Gasteiger partial charge in [0.2, 0.25) is 0 Å². The molecule has 0 bridgehead atoms. The summed E-state index contributed by atoms with van der Waals surface area (Å²) in [6.45, 7) is 10.8. The van der Waals surface area contributed by atoms with Crippen LogP contribution < -0.4 is 5.32 Å². The largest absolute Gasteiger partial charge is 0.356 e. The van der Waals surface area contributed by atoms with Crippen molar-refractivity contribution in [3.8, 4) is 11.3 Å². The molecule has 0 aliphatic heterocycles. The Labute approximate surface area is 126 Å². The zero-order valence-electron chi connectivity index (χ0n) is 13.4. The summed E-state index contributed by atoms with van der Waals surface area (Å²) in [4.78, 5) is 0. The molecular weight excluding hydrogens is 260 g/mol. The second-order valence-corrected chi connectivity index (χ2v) is 7.07. The third-order valence-electron chi connectivity index (χ3n) is 4.23. The first kappa shape index (κ1) is 14.3. The maximum Gasteiger partial charge on any atom is 0.170 e. The van der Waals surface area contributed by atoms with Gasteiger partial charge in [0.15, 0.2) is 5.76 Å². The smallest absolute Gasteiger partial charge is 0.170 e. The van der Waals surface area contributed by atoms with Crippen LogP contribution in [0.5, 0.6) is 0 Å². The van der Waals surface area contributed by atoms with E-state index in [0.29, 0.717) is 5.92 Å². The minimum Gasteiger partial charge on any atom is -0.356 e. The minimum atomic E-state index is 0.127. The van der Waals surface area contributed by atoms with E-state index in [1.165, 1.54) is 16.7 Å². The van der Waals surface area contributed by atoms with E-state index in [4.69, 9.17) is 4.52 Å². The van der Waals surface area contributed by atoms with Gasteiger partial charge in [0.25, 0.3) is 0 Å². The molecule has 0 radical (unpaired) electrons. The van der Waals surface area contributed by atoms with Crippen LogP contribution in [-0.4, -0.2) is 11.7 Å². The highest BCUT2D eigenvalue weighted by Crippen LogP contribution is 2.43. The van der Waals surface area contributed by atoms with E-state index >= 15 is 0 Å². The van der Waals surface area contributed by atoms with Crippen LogP contribution in [-0.2, 0) is 18.4 Å². The van der Waals surface area contributed by atoms with Crippen molar-refractivity contribution in [2.75, 3.05) is 6.54 Å². The highest BCUT2D eigenvalue weighted by Gasteiger charge is 2.35. The van der Waals surface area contributed by atoms with Crippen LogP contribution >= 0.6 is 0 Å². The first-order valence-electron chi connectivity index (χ1n) is 7.77. The maximum absolute atomic E-state index is 5.67.